The number of rotatable bonds is 3. The molecular formula is C16H17N3O2S. The van der Waals surface area contributed by atoms with Crippen LogP contribution in [0, 0.1) is 41.4 Å². The van der Waals surface area contributed by atoms with E-state index in [0.717, 1.165) is 5.56 Å². The first-order valence-electron chi connectivity index (χ1n) is 6.95. The molecule has 1 aliphatic rings. The Kier molecular flexibility index (Phi) is 4.65. The zero-order valence-electron chi connectivity index (χ0n) is 12.5. The summed E-state index contributed by atoms with van der Waals surface area (Å²) in [5, 5.41) is 17.9. The van der Waals surface area contributed by atoms with Gasteiger partial charge in [-0.15, -0.1) is 0 Å². The molecule has 1 fully saturated rings. The third-order valence-electron chi connectivity index (χ3n) is 3.95. The number of aryl methyl sites for hydroxylation is 1. The van der Waals surface area contributed by atoms with Crippen molar-refractivity contribution in [3.63, 3.8) is 0 Å². The van der Waals surface area contributed by atoms with Crippen molar-refractivity contribution in [1.82, 2.24) is 4.31 Å². The molecule has 5 nitrogen and oxygen atoms in total. The highest BCUT2D eigenvalue weighted by molar-refractivity contribution is 7.89. The van der Waals surface area contributed by atoms with Crippen LogP contribution in [0.2, 0.25) is 0 Å². The summed E-state index contributed by atoms with van der Waals surface area (Å²) in [4.78, 5) is 0.236. The summed E-state index contributed by atoms with van der Waals surface area (Å²) in [5.74, 6) is -0.567. The molecule has 2 unspecified atom stereocenters. The Hall–Kier alpha value is -2.15. The Labute approximate surface area is 131 Å². The lowest BCUT2D eigenvalue weighted by atomic mass is 9.90. The fourth-order valence-electron chi connectivity index (χ4n) is 2.57. The van der Waals surface area contributed by atoms with Crippen LogP contribution in [0.25, 0.3) is 0 Å². The first-order chi connectivity index (χ1) is 10.4. The number of sulfonamides is 1. The first-order valence-corrected chi connectivity index (χ1v) is 8.39. The van der Waals surface area contributed by atoms with Gasteiger partial charge in [0.2, 0.25) is 10.0 Å². The molecule has 0 aliphatic carbocycles. The lowest BCUT2D eigenvalue weighted by Crippen LogP contribution is -2.29. The van der Waals surface area contributed by atoms with E-state index in [1.807, 2.05) is 13.0 Å². The highest BCUT2D eigenvalue weighted by Gasteiger charge is 2.38. The molecule has 0 N–H and O–H groups in total. The van der Waals surface area contributed by atoms with Gasteiger partial charge in [-0.05, 0) is 31.6 Å². The highest BCUT2D eigenvalue weighted by Crippen LogP contribution is 2.32. The van der Waals surface area contributed by atoms with Crippen molar-refractivity contribution >= 4 is 10.0 Å². The maximum Gasteiger partial charge on any atom is 0.243 e. The highest BCUT2D eigenvalue weighted by atomic mass is 32.2. The number of nitrogens with zero attached hydrogens (tertiary/aromatic N) is 3. The van der Waals surface area contributed by atoms with Crippen LogP contribution in [-0.2, 0) is 10.0 Å². The Balaban J connectivity index is 2.34. The average Bonchev–Trinajstić information content (AvgIpc) is 2.92. The van der Waals surface area contributed by atoms with Crippen molar-refractivity contribution in [1.29, 1.82) is 10.5 Å². The Bertz CT molecular complexity index is 767. The molecule has 0 spiro atoms. The zero-order chi connectivity index (χ0) is 16.3. The minimum atomic E-state index is -3.61. The monoisotopic (exact) mass is 315 g/mol. The SMILES string of the molecule is Cc1ccc(S(=O)(=O)N2C/C(=C/C#N)C(C(C)C#N)C2)cc1. The molecule has 2 atom stereocenters. The van der Waals surface area contributed by atoms with Crippen LogP contribution in [0.4, 0.5) is 0 Å². The van der Waals surface area contributed by atoms with Crippen LogP contribution < -0.4 is 0 Å². The van der Waals surface area contributed by atoms with Crippen molar-refractivity contribution in [2.75, 3.05) is 13.1 Å². The Morgan fingerprint density at radius 1 is 1.32 bits per heavy atom. The van der Waals surface area contributed by atoms with Crippen LogP contribution in [0.5, 0.6) is 0 Å². The van der Waals surface area contributed by atoms with Gasteiger partial charge in [-0.1, -0.05) is 17.7 Å². The van der Waals surface area contributed by atoms with Gasteiger partial charge in [0.25, 0.3) is 0 Å². The van der Waals surface area contributed by atoms with Gasteiger partial charge in [0, 0.05) is 25.1 Å². The predicted octanol–water partition coefficient (Wildman–Crippen LogP) is 2.23. The molecule has 0 aromatic heterocycles. The fraction of sp³-hybridized carbons (Fsp3) is 0.375. The maximum absolute atomic E-state index is 12.7. The molecule has 0 amide bonds. The van der Waals surface area contributed by atoms with E-state index < -0.39 is 10.0 Å². The largest absolute Gasteiger partial charge is 0.243 e. The summed E-state index contributed by atoms with van der Waals surface area (Å²) in [6.07, 6.45) is 1.36. The van der Waals surface area contributed by atoms with E-state index in [-0.39, 0.29) is 29.8 Å². The molecule has 0 saturated carbocycles. The van der Waals surface area contributed by atoms with Crippen LogP contribution in [0.15, 0.2) is 40.8 Å². The van der Waals surface area contributed by atoms with Gasteiger partial charge >= 0.3 is 0 Å². The summed E-state index contributed by atoms with van der Waals surface area (Å²) >= 11 is 0. The second-order valence-corrected chi connectivity index (χ2v) is 7.42. The third kappa shape index (κ3) is 3.04. The van der Waals surface area contributed by atoms with Gasteiger partial charge in [0.1, 0.15) is 0 Å². The van der Waals surface area contributed by atoms with Gasteiger partial charge < -0.3 is 0 Å². The van der Waals surface area contributed by atoms with E-state index in [4.69, 9.17) is 10.5 Å². The molecule has 0 bridgehead atoms. The zero-order valence-corrected chi connectivity index (χ0v) is 13.3. The summed E-state index contributed by atoms with van der Waals surface area (Å²) < 4.78 is 26.7. The first kappa shape index (κ1) is 16.2. The molecule has 1 saturated heterocycles. The van der Waals surface area contributed by atoms with E-state index in [1.54, 1.807) is 31.2 Å². The van der Waals surface area contributed by atoms with Crippen LogP contribution in [0.3, 0.4) is 0 Å². The predicted molar refractivity (Wildman–Crippen MR) is 81.9 cm³/mol. The van der Waals surface area contributed by atoms with E-state index in [2.05, 4.69) is 6.07 Å². The fourth-order valence-corrected chi connectivity index (χ4v) is 4.02. The van der Waals surface area contributed by atoms with Gasteiger partial charge in [0.15, 0.2) is 0 Å². The van der Waals surface area contributed by atoms with Gasteiger partial charge in [-0.2, -0.15) is 14.8 Å². The van der Waals surface area contributed by atoms with Crippen LogP contribution in [-0.4, -0.2) is 25.8 Å². The summed E-state index contributed by atoms with van der Waals surface area (Å²) in [5.41, 5.74) is 1.69. The normalized spacial score (nSPS) is 22.2. The van der Waals surface area contributed by atoms with E-state index in [1.165, 1.54) is 10.4 Å². The van der Waals surface area contributed by atoms with Gasteiger partial charge in [-0.3, -0.25) is 0 Å². The summed E-state index contributed by atoms with van der Waals surface area (Å²) in [6.45, 7) is 4.04. The molecule has 114 valence electrons. The average molecular weight is 315 g/mol. The molecule has 1 aliphatic heterocycles. The van der Waals surface area contributed by atoms with Crippen LogP contribution >= 0.6 is 0 Å². The van der Waals surface area contributed by atoms with Crippen molar-refractivity contribution in [2.45, 2.75) is 18.7 Å². The molecule has 2 rings (SSSR count). The van der Waals surface area contributed by atoms with Crippen molar-refractivity contribution in [3.05, 3.63) is 41.5 Å². The number of hydrogen-bond acceptors (Lipinski definition) is 4. The van der Waals surface area contributed by atoms with E-state index in [0.29, 0.717) is 5.57 Å². The van der Waals surface area contributed by atoms with E-state index >= 15 is 0 Å². The Morgan fingerprint density at radius 3 is 2.50 bits per heavy atom. The third-order valence-corrected chi connectivity index (χ3v) is 5.78. The van der Waals surface area contributed by atoms with Gasteiger partial charge in [-0.25, -0.2) is 8.42 Å². The number of allylic oxidation sites excluding steroid dienone is 1. The molecule has 1 aromatic carbocycles. The molecular weight excluding hydrogens is 298 g/mol. The number of benzene rings is 1. The second kappa shape index (κ2) is 6.31. The minimum Gasteiger partial charge on any atom is -0.207 e. The standard InChI is InChI=1S/C16H17N3O2S/c1-12-3-5-15(6-4-12)22(20,21)19-10-14(7-8-17)16(11-19)13(2)9-18/h3-7,13,16H,10-11H2,1-2H3/b14-7-. The molecule has 0 radical (unpaired) electrons. The molecule has 1 aromatic rings. The topological polar surface area (TPSA) is 85.0 Å². The number of hydrogen-bond donors (Lipinski definition) is 0. The summed E-state index contributed by atoms with van der Waals surface area (Å²) in [7, 11) is -3.61. The summed E-state index contributed by atoms with van der Waals surface area (Å²) in [6, 6.07) is 10.8. The van der Waals surface area contributed by atoms with Crippen LogP contribution in [0.1, 0.15) is 12.5 Å². The molecule has 1 heterocycles. The van der Waals surface area contributed by atoms with Gasteiger partial charge in [0.05, 0.1) is 23.0 Å². The lowest BCUT2D eigenvalue weighted by molar-refractivity contribution is 0.429. The van der Waals surface area contributed by atoms with E-state index in [9.17, 15) is 8.42 Å². The molecule has 22 heavy (non-hydrogen) atoms. The number of nitriles is 2. The maximum atomic E-state index is 12.7. The molecule has 6 heteroatoms. The van der Waals surface area contributed by atoms with Crippen molar-refractivity contribution in [2.24, 2.45) is 11.8 Å². The second-order valence-electron chi connectivity index (χ2n) is 5.48. The lowest BCUT2D eigenvalue weighted by Gasteiger charge is -2.17. The quantitative estimate of drug-likeness (QED) is 0.800. The van der Waals surface area contributed by atoms with Crippen molar-refractivity contribution < 1.29 is 8.42 Å². The Morgan fingerprint density at radius 2 is 1.95 bits per heavy atom. The minimum absolute atomic E-state index is 0.167. The van der Waals surface area contributed by atoms with Crippen molar-refractivity contribution in [3.8, 4) is 12.1 Å². The smallest absolute Gasteiger partial charge is 0.207 e.